The molecule has 0 fully saturated rings. The fourth-order valence-electron chi connectivity index (χ4n) is 2.11. The summed E-state index contributed by atoms with van der Waals surface area (Å²) in [4.78, 5) is 23.3. The lowest BCUT2D eigenvalue weighted by atomic mass is 10.1. The monoisotopic (exact) mass is 352 g/mol. The molecule has 2 amide bonds. The van der Waals surface area contributed by atoms with Gasteiger partial charge in [-0.3, -0.25) is 9.59 Å². The molecule has 0 bridgehead atoms. The number of carbonyl (C=O) groups excluding carboxylic acids is 2. The van der Waals surface area contributed by atoms with Crippen molar-refractivity contribution in [2.45, 2.75) is 12.6 Å². The van der Waals surface area contributed by atoms with E-state index in [1.54, 1.807) is 29.6 Å². The topological polar surface area (TPSA) is 67.4 Å². The number of nitrogens with one attached hydrogen (secondary N) is 2. The number of amides is 2. The van der Waals surface area contributed by atoms with Crippen LogP contribution in [0.3, 0.4) is 0 Å². The van der Waals surface area contributed by atoms with Crippen molar-refractivity contribution in [3.8, 4) is 5.75 Å². The van der Waals surface area contributed by atoms with Crippen LogP contribution in [0.25, 0.3) is 0 Å². The minimum Gasteiger partial charge on any atom is -0.496 e. The molecule has 0 aliphatic heterocycles. The predicted molar refractivity (Wildman–Crippen MR) is 86.5 cm³/mol. The summed E-state index contributed by atoms with van der Waals surface area (Å²) in [5.74, 6) is -2.05. The standard InChI is InChI=1S/C17H15F3N2O3/c1-25-14-9-5-2-6-11(14)10-15(23)21-12-7-3-4-8-13(12)22-16(24)17(18,19)20/h2-9H,10H2,1H3,(H,21,23)(H,22,24). The molecule has 25 heavy (non-hydrogen) atoms. The molecule has 0 heterocycles. The third-order valence-electron chi connectivity index (χ3n) is 3.25. The first kappa shape index (κ1) is 18.3. The molecule has 5 nitrogen and oxygen atoms in total. The number of alkyl halides is 3. The average Bonchev–Trinajstić information content (AvgIpc) is 2.56. The van der Waals surface area contributed by atoms with Crippen molar-refractivity contribution in [2.24, 2.45) is 0 Å². The molecular weight excluding hydrogens is 337 g/mol. The highest BCUT2D eigenvalue weighted by Gasteiger charge is 2.39. The van der Waals surface area contributed by atoms with Gasteiger partial charge in [-0.2, -0.15) is 13.2 Å². The third-order valence-corrected chi connectivity index (χ3v) is 3.25. The number of anilines is 2. The van der Waals surface area contributed by atoms with E-state index in [4.69, 9.17) is 4.74 Å². The number of halogens is 3. The van der Waals surface area contributed by atoms with Crippen LogP contribution in [0.5, 0.6) is 5.75 Å². The van der Waals surface area contributed by atoms with Gasteiger partial charge in [-0.15, -0.1) is 0 Å². The maximum absolute atomic E-state index is 12.4. The first-order valence-corrected chi connectivity index (χ1v) is 7.20. The predicted octanol–water partition coefficient (Wildman–Crippen LogP) is 3.38. The van der Waals surface area contributed by atoms with Gasteiger partial charge in [0.25, 0.3) is 0 Å². The second-order valence-electron chi connectivity index (χ2n) is 5.03. The summed E-state index contributed by atoms with van der Waals surface area (Å²) in [6, 6.07) is 12.5. The van der Waals surface area contributed by atoms with Crippen LogP contribution >= 0.6 is 0 Å². The molecule has 0 saturated carbocycles. The van der Waals surface area contributed by atoms with Crippen LogP contribution in [0.4, 0.5) is 24.5 Å². The Labute approximate surface area is 141 Å². The smallest absolute Gasteiger partial charge is 0.471 e. The quantitative estimate of drug-likeness (QED) is 0.867. The number of hydrogen-bond donors (Lipinski definition) is 2. The summed E-state index contributed by atoms with van der Waals surface area (Å²) in [5.41, 5.74) is 0.553. The molecule has 0 radical (unpaired) electrons. The molecule has 8 heteroatoms. The summed E-state index contributed by atoms with van der Waals surface area (Å²) < 4.78 is 42.3. The van der Waals surface area contributed by atoms with Gasteiger partial charge in [-0.1, -0.05) is 30.3 Å². The molecule has 0 aliphatic carbocycles. The number of carbonyl (C=O) groups is 2. The Morgan fingerprint density at radius 2 is 1.52 bits per heavy atom. The van der Waals surface area contributed by atoms with Crippen molar-refractivity contribution in [1.82, 2.24) is 0 Å². The normalized spacial score (nSPS) is 10.9. The van der Waals surface area contributed by atoms with E-state index in [1.807, 2.05) is 0 Å². The number of rotatable bonds is 5. The van der Waals surface area contributed by atoms with E-state index in [0.29, 0.717) is 11.3 Å². The third kappa shape index (κ3) is 4.97. The van der Waals surface area contributed by atoms with E-state index in [-0.39, 0.29) is 17.8 Å². The van der Waals surface area contributed by atoms with Crippen LogP contribution in [0.2, 0.25) is 0 Å². The Hall–Kier alpha value is -3.03. The van der Waals surface area contributed by atoms with Crippen LogP contribution in [0.1, 0.15) is 5.56 Å². The summed E-state index contributed by atoms with van der Waals surface area (Å²) in [7, 11) is 1.47. The van der Waals surface area contributed by atoms with Crippen molar-refractivity contribution in [1.29, 1.82) is 0 Å². The zero-order valence-corrected chi connectivity index (χ0v) is 13.2. The molecule has 0 atom stereocenters. The number of methoxy groups -OCH3 is 1. The van der Waals surface area contributed by atoms with Gasteiger partial charge in [-0.25, -0.2) is 0 Å². The summed E-state index contributed by atoms with van der Waals surface area (Å²) in [5, 5.41) is 4.23. The molecule has 0 aliphatic rings. The van der Waals surface area contributed by atoms with Crippen molar-refractivity contribution < 1.29 is 27.5 Å². The number of ether oxygens (including phenoxy) is 1. The molecule has 2 aromatic carbocycles. The molecular formula is C17H15F3N2O3. The van der Waals surface area contributed by atoms with E-state index in [1.165, 1.54) is 31.4 Å². The van der Waals surface area contributed by atoms with Crippen molar-refractivity contribution in [3.63, 3.8) is 0 Å². The average molecular weight is 352 g/mol. The number of benzene rings is 2. The minimum atomic E-state index is -5.02. The van der Waals surface area contributed by atoms with Gasteiger partial charge >= 0.3 is 12.1 Å². The maximum Gasteiger partial charge on any atom is 0.471 e. The Morgan fingerprint density at radius 3 is 2.12 bits per heavy atom. The second kappa shape index (κ2) is 7.69. The lowest BCUT2D eigenvalue weighted by Crippen LogP contribution is -2.30. The van der Waals surface area contributed by atoms with Gasteiger partial charge in [0.15, 0.2) is 0 Å². The largest absolute Gasteiger partial charge is 0.496 e. The van der Waals surface area contributed by atoms with Crippen LogP contribution in [-0.4, -0.2) is 25.1 Å². The van der Waals surface area contributed by atoms with Crippen LogP contribution in [-0.2, 0) is 16.0 Å². The molecule has 0 unspecified atom stereocenters. The van der Waals surface area contributed by atoms with Crippen LogP contribution in [0.15, 0.2) is 48.5 Å². The van der Waals surface area contributed by atoms with Crippen LogP contribution in [0, 0.1) is 0 Å². The Morgan fingerprint density at radius 1 is 0.960 bits per heavy atom. The van der Waals surface area contributed by atoms with Crippen LogP contribution < -0.4 is 15.4 Å². The second-order valence-corrected chi connectivity index (χ2v) is 5.03. The molecule has 0 aromatic heterocycles. The zero-order chi connectivity index (χ0) is 18.4. The van der Waals surface area contributed by atoms with E-state index < -0.39 is 18.0 Å². The van der Waals surface area contributed by atoms with Crippen molar-refractivity contribution >= 4 is 23.2 Å². The first-order chi connectivity index (χ1) is 11.8. The van der Waals surface area contributed by atoms with Gasteiger partial charge in [0, 0.05) is 5.56 Å². The molecule has 0 spiro atoms. The molecule has 132 valence electrons. The zero-order valence-electron chi connectivity index (χ0n) is 13.2. The minimum absolute atomic E-state index is 0.0361. The Kier molecular flexibility index (Phi) is 5.63. The van der Waals surface area contributed by atoms with Crippen molar-refractivity contribution in [2.75, 3.05) is 17.7 Å². The Bertz CT molecular complexity index is 776. The summed E-state index contributed by atoms with van der Waals surface area (Å²) >= 11 is 0. The van der Waals surface area contributed by atoms with Gasteiger partial charge in [0.1, 0.15) is 5.75 Å². The lowest BCUT2D eigenvalue weighted by molar-refractivity contribution is -0.167. The summed E-state index contributed by atoms with van der Waals surface area (Å²) in [6.07, 6.45) is -5.06. The SMILES string of the molecule is COc1ccccc1CC(=O)Nc1ccccc1NC(=O)C(F)(F)F. The fourth-order valence-corrected chi connectivity index (χ4v) is 2.11. The van der Waals surface area contributed by atoms with E-state index >= 15 is 0 Å². The van der Waals surface area contributed by atoms with Crippen molar-refractivity contribution in [3.05, 3.63) is 54.1 Å². The molecule has 0 saturated heterocycles. The van der Waals surface area contributed by atoms with Gasteiger partial charge in [-0.05, 0) is 18.2 Å². The molecule has 2 rings (SSSR count). The van der Waals surface area contributed by atoms with E-state index in [9.17, 15) is 22.8 Å². The fraction of sp³-hybridized carbons (Fsp3) is 0.176. The highest BCUT2D eigenvalue weighted by molar-refractivity contribution is 6.01. The van der Waals surface area contributed by atoms with Gasteiger partial charge in [0.2, 0.25) is 5.91 Å². The molecule has 2 aromatic rings. The van der Waals surface area contributed by atoms with E-state index in [2.05, 4.69) is 5.32 Å². The number of hydrogen-bond acceptors (Lipinski definition) is 3. The van der Waals surface area contributed by atoms with Gasteiger partial charge < -0.3 is 15.4 Å². The summed E-state index contributed by atoms with van der Waals surface area (Å²) in [6.45, 7) is 0. The molecule has 2 N–H and O–H groups in total. The highest BCUT2D eigenvalue weighted by atomic mass is 19.4. The first-order valence-electron chi connectivity index (χ1n) is 7.20. The van der Waals surface area contributed by atoms with Gasteiger partial charge in [0.05, 0.1) is 24.9 Å². The Balaban J connectivity index is 2.12. The highest BCUT2D eigenvalue weighted by Crippen LogP contribution is 2.25. The number of para-hydroxylation sites is 3. The lowest BCUT2D eigenvalue weighted by Gasteiger charge is -2.14. The maximum atomic E-state index is 12.4. The van der Waals surface area contributed by atoms with E-state index in [0.717, 1.165) is 0 Å².